The van der Waals surface area contributed by atoms with E-state index in [1.165, 1.54) is 64.2 Å². The van der Waals surface area contributed by atoms with E-state index >= 15 is 0 Å². The Kier molecular flexibility index (Phi) is 15.6. The lowest BCUT2D eigenvalue weighted by Crippen LogP contribution is -2.42. The van der Waals surface area contributed by atoms with Crippen LogP contribution in [0.3, 0.4) is 0 Å². The Bertz CT molecular complexity index is 563. The molecule has 1 amide bonds. The smallest absolute Gasteiger partial charge is 0.308 e. The minimum atomic E-state index is -0.856. The van der Waals surface area contributed by atoms with Crippen LogP contribution in [0.5, 0.6) is 0 Å². The lowest BCUT2D eigenvalue weighted by Gasteiger charge is -2.12. The Morgan fingerprint density at radius 1 is 0.867 bits per heavy atom. The fourth-order valence-electron chi connectivity index (χ4n) is 3.38. The van der Waals surface area contributed by atoms with Gasteiger partial charge in [-0.2, -0.15) is 0 Å². The third kappa shape index (κ3) is 14.2. The molecule has 1 unspecified atom stereocenters. The van der Waals surface area contributed by atoms with Crippen LogP contribution in [-0.2, 0) is 20.9 Å². The SMILES string of the molecule is CCCCCCCCCCCCCCNC(=O)C(N)CC(=O)OCc1ccccc1. The number of rotatable bonds is 18. The standard InChI is InChI=1S/C25H42N2O3/c1-2-3-4-5-6-7-8-9-10-11-12-16-19-27-25(29)23(26)20-24(28)30-21-22-17-14-13-15-18-22/h13-15,17-18,23H,2-12,16,19-21,26H2,1H3,(H,27,29). The average Bonchev–Trinajstić information content (AvgIpc) is 2.76. The Labute approximate surface area is 183 Å². The van der Waals surface area contributed by atoms with E-state index in [1.54, 1.807) is 0 Å². The van der Waals surface area contributed by atoms with Crippen molar-refractivity contribution in [3.8, 4) is 0 Å². The molecule has 0 aromatic heterocycles. The molecule has 0 saturated carbocycles. The van der Waals surface area contributed by atoms with Crippen LogP contribution >= 0.6 is 0 Å². The predicted molar refractivity (Wildman–Crippen MR) is 123 cm³/mol. The molecule has 0 saturated heterocycles. The maximum atomic E-state index is 12.0. The van der Waals surface area contributed by atoms with Gasteiger partial charge in [0.2, 0.25) is 5.91 Å². The van der Waals surface area contributed by atoms with Crippen LogP contribution in [0.4, 0.5) is 0 Å². The van der Waals surface area contributed by atoms with Gasteiger partial charge in [-0.05, 0) is 12.0 Å². The number of hydrogen-bond acceptors (Lipinski definition) is 4. The van der Waals surface area contributed by atoms with Gasteiger partial charge in [0.05, 0.1) is 12.5 Å². The number of nitrogens with two attached hydrogens (primary N) is 1. The lowest BCUT2D eigenvalue weighted by atomic mass is 10.1. The van der Waals surface area contributed by atoms with Gasteiger partial charge in [0, 0.05) is 6.54 Å². The molecule has 170 valence electrons. The van der Waals surface area contributed by atoms with Crippen molar-refractivity contribution in [1.29, 1.82) is 0 Å². The monoisotopic (exact) mass is 418 g/mol. The normalized spacial score (nSPS) is 11.8. The molecular formula is C25H42N2O3. The van der Waals surface area contributed by atoms with Crippen molar-refractivity contribution in [1.82, 2.24) is 5.32 Å². The molecule has 0 aliphatic carbocycles. The molecule has 30 heavy (non-hydrogen) atoms. The Balaban J connectivity index is 1.93. The number of carbonyl (C=O) groups is 2. The molecule has 5 heteroatoms. The minimum absolute atomic E-state index is 0.100. The average molecular weight is 419 g/mol. The number of nitrogens with one attached hydrogen (secondary N) is 1. The highest BCUT2D eigenvalue weighted by molar-refractivity contribution is 5.86. The zero-order chi connectivity index (χ0) is 21.9. The molecule has 0 aliphatic rings. The fraction of sp³-hybridized carbons (Fsp3) is 0.680. The van der Waals surface area contributed by atoms with Crippen molar-refractivity contribution in [2.75, 3.05) is 6.54 Å². The zero-order valence-electron chi connectivity index (χ0n) is 18.9. The molecule has 0 radical (unpaired) electrons. The number of amides is 1. The molecule has 0 fully saturated rings. The van der Waals surface area contributed by atoms with Gasteiger partial charge in [-0.1, -0.05) is 108 Å². The summed E-state index contributed by atoms with van der Waals surface area (Å²) in [4.78, 5) is 23.8. The molecule has 1 rings (SSSR count). The van der Waals surface area contributed by atoms with E-state index in [-0.39, 0.29) is 18.9 Å². The second-order valence-electron chi connectivity index (χ2n) is 8.14. The highest BCUT2D eigenvalue weighted by Gasteiger charge is 2.18. The van der Waals surface area contributed by atoms with Gasteiger partial charge in [-0.3, -0.25) is 9.59 Å². The van der Waals surface area contributed by atoms with E-state index in [1.807, 2.05) is 30.3 Å². The summed E-state index contributed by atoms with van der Waals surface area (Å²) >= 11 is 0. The Hall–Kier alpha value is -1.88. The van der Waals surface area contributed by atoms with Gasteiger partial charge in [0.25, 0.3) is 0 Å². The third-order valence-corrected chi connectivity index (χ3v) is 5.30. The molecule has 0 bridgehead atoms. The minimum Gasteiger partial charge on any atom is -0.461 e. The number of carbonyl (C=O) groups excluding carboxylic acids is 2. The summed E-state index contributed by atoms with van der Waals surface area (Å²) in [6.07, 6.45) is 15.3. The Morgan fingerprint density at radius 3 is 1.97 bits per heavy atom. The highest BCUT2D eigenvalue weighted by Crippen LogP contribution is 2.11. The number of benzene rings is 1. The summed E-state index contributed by atoms with van der Waals surface area (Å²) in [7, 11) is 0. The van der Waals surface area contributed by atoms with E-state index in [2.05, 4.69) is 12.2 Å². The zero-order valence-corrected chi connectivity index (χ0v) is 18.9. The molecule has 0 spiro atoms. The number of hydrogen-bond donors (Lipinski definition) is 2. The van der Waals surface area contributed by atoms with Crippen LogP contribution in [0.25, 0.3) is 0 Å². The largest absolute Gasteiger partial charge is 0.461 e. The summed E-state index contributed by atoms with van der Waals surface area (Å²) in [5, 5.41) is 2.83. The van der Waals surface area contributed by atoms with Gasteiger partial charge in [-0.25, -0.2) is 0 Å². The molecule has 0 heterocycles. The van der Waals surface area contributed by atoms with Crippen LogP contribution in [0.15, 0.2) is 30.3 Å². The van der Waals surface area contributed by atoms with Crippen LogP contribution < -0.4 is 11.1 Å². The second kappa shape index (κ2) is 17.9. The highest BCUT2D eigenvalue weighted by atomic mass is 16.5. The first-order valence-electron chi connectivity index (χ1n) is 11.9. The first kappa shape index (κ1) is 26.2. The van der Waals surface area contributed by atoms with E-state index in [0.29, 0.717) is 6.54 Å². The van der Waals surface area contributed by atoms with Gasteiger partial charge in [0.1, 0.15) is 6.61 Å². The molecule has 1 atom stereocenters. The van der Waals surface area contributed by atoms with Crippen LogP contribution in [0.1, 0.15) is 96.0 Å². The molecule has 0 aliphatic heterocycles. The predicted octanol–water partition coefficient (Wildman–Crippen LogP) is 5.26. The molecule has 3 N–H and O–H groups in total. The first-order valence-corrected chi connectivity index (χ1v) is 11.9. The summed E-state index contributed by atoms with van der Waals surface area (Å²) < 4.78 is 5.17. The number of ether oxygens (including phenoxy) is 1. The van der Waals surface area contributed by atoms with Gasteiger partial charge >= 0.3 is 5.97 Å². The van der Waals surface area contributed by atoms with Gasteiger partial charge in [-0.15, -0.1) is 0 Å². The summed E-state index contributed by atoms with van der Waals surface area (Å²) in [5.41, 5.74) is 6.73. The quantitative estimate of drug-likeness (QED) is 0.251. The van der Waals surface area contributed by atoms with Gasteiger partial charge in [0.15, 0.2) is 0 Å². The molecular weight excluding hydrogens is 376 g/mol. The van der Waals surface area contributed by atoms with Gasteiger partial charge < -0.3 is 15.8 Å². The van der Waals surface area contributed by atoms with E-state index in [4.69, 9.17) is 10.5 Å². The van der Waals surface area contributed by atoms with Crippen molar-refractivity contribution >= 4 is 11.9 Å². The molecule has 1 aromatic rings. The van der Waals surface area contributed by atoms with E-state index < -0.39 is 12.0 Å². The van der Waals surface area contributed by atoms with E-state index in [9.17, 15) is 9.59 Å². The maximum Gasteiger partial charge on any atom is 0.308 e. The number of esters is 1. The topological polar surface area (TPSA) is 81.4 Å². The van der Waals surface area contributed by atoms with Crippen LogP contribution in [0.2, 0.25) is 0 Å². The van der Waals surface area contributed by atoms with Crippen molar-refractivity contribution < 1.29 is 14.3 Å². The van der Waals surface area contributed by atoms with Crippen molar-refractivity contribution in [3.63, 3.8) is 0 Å². The van der Waals surface area contributed by atoms with Crippen molar-refractivity contribution in [2.24, 2.45) is 5.73 Å². The molecule has 1 aromatic carbocycles. The second-order valence-corrected chi connectivity index (χ2v) is 8.14. The van der Waals surface area contributed by atoms with Crippen LogP contribution in [-0.4, -0.2) is 24.5 Å². The maximum absolute atomic E-state index is 12.0. The van der Waals surface area contributed by atoms with Crippen molar-refractivity contribution in [2.45, 2.75) is 103 Å². The summed E-state index contributed by atoms with van der Waals surface area (Å²) in [6, 6.07) is 8.59. The first-order chi connectivity index (χ1) is 14.6. The fourth-order valence-corrected chi connectivity index (χ4v) is 3.38. The lowest BCUT2D eigenvalue weighted by molar-refractivity contribution is -0.146. The van der Waals surface area contributed by atoms with Crippen molar-refractivity contribution in [3.05, 3.63) is 35.9 Å². The molecule has 5 nitrogen and oxygen atoms in total. The third-order valence-electron chi connectivity index (χ3n) is 5.30. The summed E-state index contributed by atoms with van der Waals surface area (Å²) in [6.45, 7) is 3.07. The van der Waals surface area contributed by atoms with Crippen LogP contribution in [0, 0.1) is 0 Å². The van der Waals surface area contributed by atoms with E-state index in [0.717, 1.165) is 18.4 Å². The Morgan fingerprint density at radius 2 is 1.40 bits per heavy atom. The number of unbranched alkanes of at least 4 members (excludes halogenated alkanes) is 11. The summed E-state index contributed by atoms with van der Waals surface area (Å²) in [5.74, 6) is -0.735.